The van der Waals surface area contributed by atoms with Crippen molar-refractivity contribution in [2.45, 2.75) is 45.4 Å². The van der Waals surface area contributed by atoms with Crippen molar-refractivity contribution >= 4 is 5.91 Å². The van der Waals surface area contributed by atoms with Gasteiger partial charge in [-0.1, -0.05) is 18.2 Å². The molecular weight excluding hydrogens is 266 g/mol. The van der Waals surface area contributed by atoms with Crippen molar-refractivity contribution < 1.29 is 14.3 Å². The summed E-state index contributed by atoms with van der Waals surface area (Å²) in [6, 6.07) is 6.80. The average molecular weight is 289 g/mol. The van der Waals surface area contributed by atoms with Crippen LogP contribution < -0.4 is 0 Å². The number of nitrogens with zero attached hydrogens (tertiary/aromatic N) is 1. The number of hydrogen-bond acceptors (Lipinski definition) is 3. The third-order valence-corrected chi connectivity index (χ3v) is 4.29. The van der Waals surface area contributed by atoms with Crippen LogP contribution in [0.1, 0.15) is 29.5 Å². The maximum absolute atomic E-state index is 12.7. The molecule has 1 aromatic rings. The van der Waals surface area contributed by atoms with Crippen LogP contribution in [0, 0.1) is 13.8 Å². The smallest absolute Gasteiger partial charge is 0.254 e. The molecule has 0 spiro atoms. The van der Waals surface area contributed by atoms with Crippen molar-refractivity contribution in [3.8, 4) is 0 Å². The van der Waals surface area contributed by atoms with Gasteiger partial charge in [-0.15, -0.1) is 0 Å². The predicted molar refractivity (Wildman–Crippen MR) is 80.0 cm³/mol. The Kier molecular flexibility index (Phi) is 4.27. The zero-order valence-corrected chi connectivity index (χ0v) is 12.8. The van der Waals surface area contributed by atoms with Gasteiger partial charge in [0.05, 0.1) is 19.8 Å². The highest BCUT2D eigenvalue weighted by atomic mass is 16.6. The lowest BCUT2D eigenvalue weighted by atomic mass is 10.1. The molecule has 1 amide bonds. The molecule has 1 aliphatic heterocycles. The number of aryl methyl sites for hydroxylation is 2. The molecule has 1 heterocycles. The van der Waals surface area contributed by atoms with Gasteiger partial charge >= 0.3 is 0 Å². The minimum absolute atomic E-state index is 0.0791. The predicted octanol–water partition coefficient (Wildman–Crippen LogP) is 2.21. The van der Waals surface area contributed by atoms with E-state index in [0.717, 1.165) is 12.8 Å². The van der Waals surface area contributed by atoms with E-state index in [2.05, 4.69) is 32.0 Å². The van der Waals surface area contributed by atoms with Crippen molar-refractivity contribution in [3.05, 3.63) is 34.9 Å². The molecule has 114 valence electrons. The molecule has 0 bridgehead atoms. The fraction of sp³-hybridized carbons (Fsp3) is 0.588. The standard InChI is InChI=1S/C17H23NO3/c1-12-3-4-14(9-13(12)2)10-18(15-5-6-15)17(19)16-11-20-7-8-21-16/h3-4,9,15-16H,5-8,10-11H2,1-2H3/t16-/m1/s1. The number of ether oxygens (including phenoxy) is 2. The van der Waals surface area contributed by atoms with Gasteiger partial charge in [0.1, 0.15) is 0 Å². The summed E-state index contributed by atoms with van der Waals surface area (Å²) in [5, 5.41) is 0. The van der Waals surface area contributed by atoms with Crippen LogP contribution in [0.5, 0.6) is 0 Å². The molecule has 0 radical (unpaired) electrons. The molecule has 4 heteroatoms. The number of benzene rings is 1. The highest BCUT2D eigenvalue weighted by Crippen LogP contribution is 2.30. The normalized spacial score (nSPS) is 22.1. The Hall–Kier alpha value is -1.39. The summed E-state index contributed by atoms with van der Waals surface area (Å²) < 4.78 is 10.9. The van der Waals surface area contributed by atoms with E-state index in [-0.39, 0.29) is 5.91 Å². The maximum atomic E-state index is 12.7. The summed E-state index contributed by atoms with van der Waals surface area (Å²) >= 11 is 0. The number of carbonyl (C=O) groups is 1. The molecule has 21 heavy (non-hydrogen) atoms. The van der Waals surface area contributed by atoms with Gasteiger partial charge in [-0.2, -0.15) is 0 Å². The summed E-state index contributed by atoms with van der Waals surface area (Å²) in [5.74, 6) is 0.0791. The largest absolute Gasteiger partial charge is 0.376 e. The Balaban J connectivity index is 1.71. The summed E-state index contributed by atoms with van der Waals surface area (Å²) in [4.78, 5) is 14.6. The Bertz CT molecular complexity index is 519. The zero-order chi connectivity index (χ0) is 14.8. The molecule has 0 aromatic heterocycles. The van der Waals surface area contributed by atoms with Crippen LogP contribution in [0.4, 0.5) is 0 Å². The molecule has 2 aliphatic rings. The molecule has 0 N–H and O–H groups in total. The van der Waals surface area contributed by atoms with E-state index in [1.54, 1.807) is 0 Å². The second kappa shape index (κ2) is 6.16. The first-order valence-electron chi connectivity index (χ1n) is 7.71. The Labute approximate surface area is 126 Å². The van der Waals surface area contributed by atoms with Crippen molar-refractivity contribution in [2.24, 2.45) is 0 Å². The lowest BCUT2D eigenvalue weighted by Gasteiger charge is -2.29. The Morgan fingerprint density at radius 1 is 1.24 bits per heavy atom. The van der Waals surface area contributed by atoms with E-state index in [4.69, 9.17) is 9.47 Å². The fourth-order valence-electron chi connectivity index (χ4n) is 2.69. The van der Waals surface area contributed by atoms with Crippen molar-refractivity contribution in [2.75, 3.05) is 19.8 Å². The molecule has 2 fully saturated rings. The van der Waals surface area contributed by atoms with Crippen LogP contribution in [0.15, 0.2) is 18.2 Å². The number of rotatable bonds is 4. The van der Waals surface area contributed by atoms with Gasteiger partial charge in [-0.3, -0.25) is 4.79 Å². The second-order valence-corrected chi connectivity index (χ2v) is 6.05. The lowest BCUT2D eigenvalue weighted by molar-refractivity contribution is -0.159. The van der Waals surface area contributed by atoms with Crippen LogP contribution >= 0.6 is 0 Å². The van der Waals surface area contributed by atoms with Crippen LogP contribution in [-0.2, 0) is 20.8 Å². The molecule has 1 aliphatic carbocycles. The van der Waals surface area contributed by atoms with E-state index < -0.39 is 6.10 Å². The summed E-state index contributed by atoms with van der Waals surface area (Å²) in [7, 11) is 0. The van der Waals surface area contributed by atoms with Crippen LogP contribution in [0.2, 0.25) is 0 Å². The van der Waals surface area contributed by atoms with E-state index in [9.17, 15) is 4.79 Å². The van der Waals surface area contributed by atoms with Gasteiger partial charge in [0, 0.05) is 12.6 Å². The van der Waals surface area contributed by atoms with Crippen molar-refractivity contribution in [1.82, 2.24) is 4.90 Å². The molecular formula is C17H23NO3. The van der Waals surface area contributed by atoms with E-state index >= 15 is 0 Å². The molecule has 1 aromatic carbocycles. The van der Waals surface area contributed by atoms with E-state index in [0.29, 0.717) is 32.4 Å². The lowest BCUT2D eigenvalue weighted by Crippen LogP contribution is -2.46. The first kappa shape index (κ1) is 14.5. The summed E-state index contributed by atoms with van der Waals surface area (Å²) in [5.41, 5.74) is 3.75. The number of amides is 1. The molecule has 3 rings (SSSR count). The molecule has 4 nitrogen and oxygen atoms in total. The van der Waals surface area contributed by atoms with Crippen molar-refractivity contribution in [3.63, 3.8) is 0 Å². The van der Waals surface area contributed by atoms with Crippen LogP contribution in [0.3, 0.4) is 0 Å². The van der Waals surface area contributed by atoms with Gasteiger partial charge in [-0.05, 0) is 43.4 Å². The number of carbonyl (C=O) groups excluding carboxylic acids is 1. The molecule has 0 unspecified atom stereocenters. The Morgan fingerprint density at radius 3 is 2.67 bits per heavy atom. The Morgan fingerprint density at radius 2 is 2.05 bits per heavy atom. The topological polar surface area (TPSA) is 38.8 Å². The minimum atomic E-state index is -0.425. The first-order valence-corrected chi connectivity index (χ1v) is 7.71. The third kappa shape index (κ3) is 3.44. The fourth-order valence-corrected chi connectivity index (χ4v) is 2.69. The van der Waals surface area contributed by atoms with E-state index in [1.165, 1.54) is 16.7 Å². The SMILES string of the molecule is Cc1ccc(CN(C(=O)[C@H]2COCCO2)C2CC2)cc1C. The quantitative estimate of drug-likeness (QED) is 0.853. The maximum Gasteiger partial charge on any atom is 0.254 e. The van der Waals surface area contributed by atoms with E-state index in [1.807, 2.05) is 4.90 Å². The highest BCUT2D eigenvalue weighted by Gasteiger charge is 2.37. The summed E-state index contributed by atoms with van der Waals surface area (Å²) in [6.45, 7) is 6.37. The van der Waals surface area contributed by atoms with Gasteiger partial charge < -0.3 is 14.4 Å². The highest BCUT2D eigenvalue weighted by molar-refractivity contribution is 5.81. The van der Waals surface area contributed by atoms with Gasteiger partial charge in [0.2, 0.25) is 0 Å². The average Bonchev–Trinajstić information content (AvgIpc) is 3.33. The van der Waals surface area contributed by atoms with Crippen LogP contribution in [0.25, 0.3) is 0 Å². The minimum Gasteiger partial charge on any atom is -0.376 e. The van der Waals surface area contributed by atoms with Gasteiger partial charge in [0.25, 0.3) is 5.91 Å². The second-order valence-electron chi connectivity index (χ2n) is 6.05. The zero-order valence-electron chi connectivity index (χ0n) is 12.8. The number of hydrogen-bond donors (Lipinski definition) is 0. The monoisotopic (exact) mass is 289 g/mol. The van der Waals surface area contributed by atoms with Crippen LogP contribution in [-0.4, -0.2) is 42.8 Å². The molecule has 1 atom stereocenters. The molecule has 1 saturated heterocycles. The van der Waals surface area contributed by atoms with Gasteiger partial charge in [-0.25, -0.2) is 0 Å². The first-order chi connectivity index (χ1) is 10.1. The summed E-state index contributed by atoms with van der Waals surface area (Å²) in [6.07, 6.45) is 1.78. The molecule has 1 saturated carbocycles. The van der Waals surface area contributed by atoms with Gasteiger partial charge in [0.15, 0.2) is 6.10 Å². The van der Waals surface area contributed by atoms with Crippen molar-refractivity contribution in [1.29, 1.82) is 0 Å². The third-order valence-electron chi connectivity index (χ3n) is 4.29.